The lowest BCUT2D eigenvalue weighted by atomic mass is 10.1. The van der Waals surface area contributed by atoms with Gasteiger partial charge in [0.2, 0.25) is 0 Å². The van der Waals surface area contributed by atoms with Crippen LogP contribution in [0.25, 0.3) is 11.0 Å². The van der Waals surface area contributed by atoms with E-state index in [1.807, 2.05) is 31.2 Å². The van der Waals surface area contributed by atoms with Gasteiger partial charge in [-0.05, 0) is 55.2 Å². The number of ether oxygens (including phenoxy) is 2. The molecule has 29 heavy (non-hydrogen) atoms. The molecule has 4 rings (SSSR count). The highest BCUT2D eigenvalue weighted by Gasteiger charge is 2.16. The summed E-state index contributed by atoms with van der Waals surface area (Å²) in [5.41, 5.74) is 2.55. The minimum atomic E-state index is -0.375. The van der Waals surface area contributed by atoms with Crippen molar-refractivity contribution in [2.75, 3.05) is 13.2 Å². The SMILES string of the molecule is Cc1cc(=O)oc2cc(OCc3ccc(C(=O)NCC4CCCO4)cc3)ccc12. The number of hydrogen-bond acceptors (Lipinski definition) is 5. The van der Waals surface area contributed by atoms with Crippen LogP contribution in [-0.4, -0.2) is 25.2 Å². The molecule has 1 aliphatic heterocycles. The summed E-state index contributed by atoms with van der Waals surface area (Å²) in [4.78, 5) is 23.8. The number of fused-ring (bicyclic) bond motifs is 1. The largest absolute Gasteiger partial charge is 0.489 e. The van der Waals surface area contributed by atoms with Crippen molar-refractivity contribution in [2.45, 2.75) is 32.5 Å². The van der Waals surface area contributed by atoms with E-state index in [0.29, 0.717) is 30.0 Å². The normalized spacial score (nSPS) is 16.1. The van der Waals surface area contributed by atoms with Gasteiger partial charge < -0.3 is 19.2 Å². The average molecular weight is 393 g/mol. The third-order valence-electron chi connectivity index (χ3n) is 5.06. The van der Waals surface area contributed by atoms with Gasteiger partial charge in [0.15, 0.2) is 0 Å². The molecule has 1 N–H and O–H groups in total. The molecule has 6 heteroatoms. The van der Waals surface area contributed by atoms with Crippen molar-refractivity contribution in [3.63, 3.8) is 0 Å². The smallest absolute Gasteiger partial charge is 0.336 e. The number of hydrogen-bond donors (Lipinski definition) is 1. The van der Waals surface area contributed by atoms with Crippen LogP contribution in [0.4, 0.5) is 0 Å². The molecule has 1 fully saturated rings. The van der Waals surface area contributed by atoms with Crippen LogP contribution >= 0.6 is 0 Å². The van der Waals surface area contributed by atoms with Gasteiger partial charge in [0.25, 0.3) is 5.91 Å². The lowest BCUT2D eigenvalue weighted by Gasteiger charge is -2.11. The summed E-state index contributed by atoms with van der Waals surface area (Å²) in [6.45, 7) is 3.54. The van der Waals surface area contributed by atoms with E-state index in [0.717, 1.165) is 36.0 Å². The van der Waals surface area contributed by atoms with Crippen LogP contribution in [0.15, 0.2) is 57.7 Å². The van der Waals surface area contributed by atoms with E-state index in [2.05, 4.69) is 5.32 Å². The maximum absolute atomic E-state index is 12.2. The first kappa shape index (κ1) is 19.2. The first-order valence-electron chi connectivity index (χ1n) is 9.74. The third kappa shape index (κ3) is 4.66. The molecular formula is C23H23NO5. The van der Waals surface area contributed by atoms with Gasteiger partial charge in [0, 0.05) is 36.2 Å². The number of benzene rings is 2. The first-order valence-corrected chi connectivity index (χ1v) is 9.74. The lowest BCUT2D eigenvalue weighted by Crippen LogP contribution is -2.31. The highest BCUT2D eigenvalue weighted by molar-refractivity contribution is 5.94. The van der Waals surface area contributed by atoms with Gasteiger partial charge in [-0.2, -0.15) is 0 Å². The van der Waals surface area contributed by atoms with Crippen molar-refractivity contribution in [2.24, 2.45) is 0 Å². The maximum atomic E-state index is 12.2. The molecule has 0 aliphatic carbocycles. The molecule has 0 radical (unpaired) electrons. The Balaban J connectivity index is 1.35. The van der Waals surface area contributed by atoms with Gasteiger partial charge in [0.05, 0.1) is 6.10 Å². The molecule has 1 amide bonds. The number of carbonyl (C=O) groups is 1. The van der Waals surface area contributed by atoms with Crippen molar-refractivity contribution in [1.82, 2.24) is 5.32 Å². The summed E-state index contributed by atoms with van der Waals surface area (Å²) in [6.07, 6.45) is 2.17. The minimum absolute atomic E-state index is 0.104. The summed E-state index contributed by atoms with van der Waals surface area (Å²) in [7, 11) is 0. The number of nitrogens with one attached hydrogen (secondary N) is 1. The fourth-order valence-electron chi connectivity index (χ4n) is 3.43. The molecule has 1 unspecified atom stereocenters. The second-order valence-corrected chi connectivity index (χ2v) is 7.24. The minimum Gasteiger partial charge on any atom is -0.489 e. The molecule has 1 aromatic heterocycles. The van der Waals surface area contributed by atoms with Crippen molar-refractivity contribution in [3.8, 4) is 5.75 Å². The zero-order valence-corrected chi connectivity index (χ0v) is 16.3. The van der Waals surface area contributed by atoms with Crippen LogP contribution in [-0.2, 0) is 11.3 Å². The van der Waals surface area contributed by atoms with E-state index in [1.54, 1.807) is 18.2 Å². The zero-order chi connectivity index (χ0) is 20.2. The molecule has 2 aromatic carbocycles. The third-order valence-corrected chi connectivity index (χ3v) is 5.06. The van der Waals surface area contributed by atoms with Gasteiger partial charge in [-0.15, -0.1) is 0 Å². The Morgan fingerprint density at radius 3 is 2.76 bits per heavy atom. The van der Waals surface area contributed by atoms with Crippen LogP contribution in [0.2, 0.25) is 0 Å². The molecule has 150 valence electrons. The van der Waals surface area contributed by atoms with Crippen molar-refractivity contribution in [1.29, 1.82) is 0 Å². The number of aryl methyl sites for hydroxylation is 1. The van der Waals surface area contributed by atoms with E-state index >= 15 is 0 Å². The van der Waals surface area contributed by atoms with Crippen LogP contribution in [0.1, 0.15) is 34.3 Å². The van der Waals surface area contributed by atoms with E-state index in [9.17, 15) is 9.59 Å². The van der Waals surface area contributed by atoms with Crippen molar-refractivity contribution in [3.05, 3.63) is 75.6 Å². The van der Waals surface area contributed by atoms with Crippen LogP contribution in [0.5, 0.6) is 5.75 Å². The molecule has 1 atom stereocenters. The number of carbonyl (C=O) groups excluding carboxylic acids is 1. The Hall–Kier alpha value is -3.12. The molecule has 3 aromatic rings. The van der Waals surface area contributed by atoms with Gasteiger partial charge >= 0.3 is 5.63 Å². The second-order valence-electron chi connectivity index (χ2n) is 7.24. The van der Waals surface area contributed by atoms with Gasteiger partial charge in [0.1, 0.15) is 17.9 Å². The Kier molecular flexibility index (Phi) is 5.62. The van der Waals surface area contributed by atoms with Crippen molar-refractivity contribution >= 4 is 16.9 Å². The van der Waals surface area contributed by atoms with Crippen LogP contribution in [0, 0.1) is 6.92 Å². The number of rotatable bonds is 6. The standard InChI is InChI=1S/C23H23NO5/c1-15-11-22(25)29-21-12-18(8-9-20(15)21)28-14-16-4-6-17(7-5-16)23(26)24-13-19-3-2-10-27-19/h4-9,11-12,19H,2-3,10,13-14H2,1H3,(H,24,26). The molecule has 0 saturated carbocycles. The molecule has 6 nitrogen and oxygen atoms in total. The molecule has 2 heterocycles. The highest BCUT2D eigenvalue weighted by Crippen LogP contribution is 2.23. The maximum Gasteiger partial charge on any atom is 0.336 e. The molecule has 0 bridgehead atoms. The van der Waals surface area contributed by atoms with Gasteiger partial charge in [-0.25, -0.2) is 4.79 Å². The van der Waals surface area contributed by atoms with E-state index < -0.39 is 0 Å². The fraction of sp³-hybridized carbons (Fsp3) is 0.304. The molecule has 1 aliphatic rings. The van der Waals surface area contributed by atoms with Crippen LogP contribution < -0.4 is 15.7 Å². The Morgan fingerprint density at radius 2 is 2.00 bits per heavy atom. The lowest BCUT2D eigenvalue weighted by molar-refractivity contribution is 0.0857. The average Bonchev–Trinajstić information content (AvgIpc) is 3.24. The predicted molar refractivity (Wildman–Crippen MR) is 109 cm³/mol. The summed E-state index contributed by atoms with van der Waals surface area (Å²) in [5.74, 6) is 0.512. The number of amides is 1. The Bertz CT molecular complexity index is 1060. The monoisotopic (exact) mass is 393 g/mol. The van der Waals surface area contributed by atoms with Gasteiger partial charge in [-0.1, -0.05) is 12.1 Å². The quantitative estimate of drug-likeness (QED) is 0.648. The highest BCUT2D eigenvalue weighted by atomic mass is 16.5. The Morgan fingerprint density at radius 1 is 1.17 bits per heavy atom. The summed E-state index contributed by atoms with van der Waals surface area (Å²) in [6, 6.07) is 14.2. The van der Waals surface area contributed by atoms with Gasteiger partial charge in [-0.3, -0.25) is 4.79 Å². The summed E-state index contributed by atoms with van der Waals surface area (Å²) < 4.78 is 16.6. The van der Waals surface area contributed by atoms with E-state index in [-0.39, 0.29) is 17.6 Å². The summed E-state index contributed by atoms with van der Waals surface area (Å²) >= 11 is 0. The summed E-state index contributed by atoms with van der Waals surface area (Å²) in [5, 5.41) is 3.80. The zero-order valence-electron chi connectivity index (χ0n) is 16.3. The predicted octanol–water partition coefficient (Wildman–Crippen LogP) is 3.59. The topological polar surface area (TPSA) is 77.8 Å². The van der Waals surface area contributed by atoms with Crippen LogP contribution in [0.3, 0.4) is 0 Å². The molecular weight excluding hydrogens is 370 g/mol. The first-order chi connectivity index (χ1) is 14.1. The molecule has 1 saturated heterocycles. The van der Waals surface area contributed by atoms with E-state index in [4.69, 9.17) is 13.9 Å². The van der Waals surface area contributed by atoms with Crippen molar-refractivity contribution < 1.29 is 18.7 Å². The molecule has 0 spiro atoms. The Labute approximate surface area is 168 Å². The van der Waals surface area contributed by atoms with E-state index in [1.165, 1.54) is 6.07 Å². The second kappa shape index (κ2) is 8.49. The fourth-order valence-corrected chi connectivity index (χ4v) is 3.43.